The van der Waals surface area contributed by atoms with Crippen molar-refractivity contribution >= 4 is 21.4 Å². The van der Waals surface area contributed by atoms with Crippen LogP contribution in [0.25, 0.3) is 10.6 Å². The van der Waals surface area contributed by atoms with Gasteiger partial charge in [-0.25, -0.2) is 21.9 Å². The second kappa shape index (κ2) is 6.80. The Morgan fingerprint density at radius 2 is 1.92 bits per heavy atom. The normalized spacial score (nSPS) is 11.8. The molecular weight excluding hydrogens is 356 g/mol. The van der Waals surface area contributed by atoms with Crippen molar-refractivity contribution in [2.75, 3.05) is 6.54 Å². The SMILES string of the molecule is O=S(=O)(NCCn1ccc(-c2cccs2)n1)c1cc(F)cc(F)c1. The van der Waals surface area contributed by atoms with E-state index in [-0.39, 0.29) is 6.54 Å². The van der Waals surface area contributed by atoms with Crippen LogP contribution in [-0.4, -0.2) is 24.7 Å². The van der Waals surface area contributed by atoms with E-state index in [1.807, 2.05) is 23.6 Å². The Labute approximate surface area is 141 Å². The number of benzene rings is 1. The molecule has 0 bridgehead atoms. The molecule has 0 spiro atoms. The van der Waals surface area contributed by atoms with Gasteiger partial charge in [0, 0.05) is 18.8 Å². The summed E-state index contributed by atoms with van der Waals surface area (Å²) in [5, 5.41) is 6.29. The zero-order valence-corrected chi connectivity index (χ0v) is 13.9. The Bertz CT molecular complexity index is 917. The van der Waals surface area contributed by atoms with Crippen molar-refractivity contribution < 1.29 is 17.2 Å². The molecule has 0 aliphatic rings. The van der Waals surface area contributed by atoms with Gasteiger partial charge < -0.3 is 0 Å². The van der Waals surface area contributed by atoms with Crippen molar-refractivity contribution in [3.8, 4) is 10.6 Å². The van der Waals surface area contributed by atoms with Crippen molar-refractivity contribution in [3.63, 3.8) is 0 Å². The second-order valence-corrected chi connectivity index (χ2v) is 7.66. The van der Waals surface area contributed by atoms with Gasteiger partial charge in [0.2, 0.25) is 10.0 Å². The average molecular weight is 369 g/mol. The van der Waals surface area contributed by atoms with Gasteiger partial charge in [-0.1, -0.05) is 6.07 Å². The van der Waals surface area contributed by atoms with Crippen LogP contribution in [0.4, 0.5) is 8.78 Å². The van der Waals surface area contributed by atoms with Gasteiger partial charge in [0.25, 0.3) is 0 Å². The van der Waals surface area contributed by atoms with Crippen LogP contribution in [0.1, 0.15) is 0 Å². The molecule has 0 aliphatic heterocycles. The Hall–Kier alpha value is -2.10. The number of hydrogen-bond donors (Lipinski definition) is 1. The lowest BCUT2D eigenvalue weighted by Gasteiger charge is -2.07. The third-order valence-corrected chi connectivity index (χ3v) is 5.53. The number of nitrogens with zero attached hydrogens (tertiary/aromatic N) is 2. The zero-order valence-electron chi connectivity index (χ0n) is 12.3. The summed E-state index contributed by atoms with van der Waals surface area (Å²) in [6, 6.07) is 7.86. The largest absolute Gasteiger partial charge is 0.271 e. The lowest BCUT2D eigenvalue weighted by Crippen LogP contribution is -2.27. The maximum absolute atomic E-state index is 13.1. The molecule has 0 aliphatic carbocycles. The van der Waals surface area contributed by atoms with Gasteiger partial charge in [-0.3, -0.25) is 4.68 Å². The first-order chi connectivity index (χ1) is 11.4. The minimum absolute atomic E-state index is 0.0476. The van der Waals surface area contributed by atoms with Crippen LogP contribution in [0, 0.1) is 11.6 Å². The van der Waals surface area contributed by atoms with Crippen LogP contribution in [0.3, 0.4) is 0 Å². The van der Waals surface area contributed by atoms with Crippen LogP contribution >= 0.6 is 11.3 Å². The molecule has 0 saturated carbocycles. The van der Waals surface area contributed by atoms with E-state index in [0.29, 0.717) is 12.6 Å². The molecule has 0 radical (unpaired) electrons. The highest BCUT2D eigenvalue weighted by Gasteiger charge is 2.16. The van der Waals surface area contributed by atoms with Crippen molar-refractivity contribution in [2.24, 2.45) is 0 Å². The first-order valence-electron chi connectivity index (χ1n) is 6.97. The smallest absolute Gasteiger partial charge is 0.240 e. The first-order valence-corrected chi connectivity index (χ1v) is 9.33. The topological polar surface area (TPSA) is 64.0 Å². The minimum atomic E-state index is -3.98. The third kappa shape index (κ3) is 3.86. The number of nitrogens with one attached hydrogen (secondary N) is 1. The van der Waals surface area contributed by atoms with Crippen molar-refractivity contribution in [1.82, 2.24) is 14.5 Å². The number of thiophene rings is 1. The monoisotopic (exact) mass is 369 g/mol. The van der Waals surface area contributed by atoms with Gasteiger partial charge in [-0.05, 0) is 29.6 Å². The summed E-state index contributed by atoms with van der Waals surface area (Å²) >= 11 is 1.56. The van der Waals surface area contributed by atoms with Gasteiger partial charge in [0.1, 0.15) is 17.3 Å². The van der Waals surface area contributed by atoms with Crippen LogP contribution in [0.5, 0.6) is 0 Å². The molecule has 1 aromatic carbocycles. The molecule has 3 rings (SSSR count). The maximum Gasteiger partial charge on any atom is 0.240 e. The lowest BCUT2D eigenvalue weighted by atomic mass is 10.3. The molecule has 5 nitrogen and oxygen atoms in total. The molecule has 1 N–H and O–H groups in total. The molecule has 9 heteroatoms. The number of sulfonamides is 1. The Morgan fingerprint density at radius 1 is 1.17 bits per heavy atom. The zero-order chi connectivity index (χ0) is 17.2. The fourth-order valence-electron chi connectivity index (χ4n) is 2.10. The summed E-state index contributed by atoms with van der Waals surface area (Å²) in [6.07, 6.45) is 1.74. The number of aromatic nitrogens is 2. The summed E-state index contributed by atoms with van der Waals surface area (Å²) in [6.45, 7) is 0.342. The van der Waals surface area contributed by atoms with E-state index in [4.69, 9.17) is 0 Å². The van der Waals surface area contributed by atoms with Gasteiger partial charge in [0.15, 0.2) is 0 Å². The molecule has 0 saturated heterocycles. The van der Waals surface area contributed by atoms with E-state index in [0.717, 1.165) is 22.7 Å². The molecule has 3 aromatic rings. The Morgan fingerprint density at radius 3 is 2.58 bits per heavy atom. The molecule has 0 unspecified atom stereocenters. The molecule has 126 valence electrons. The minimum Gasteiger partial charge on any atom is -0.271 e. The van der Waals surface area contributed by atoms with E-state index in [2.05, 4.69) is 9.82 Å². The maximum atomic E-state index is 13.1. The fourth-order valence-corrected chi connectivity index (χ4v) is 3.86. The highest BCUT2D eigenvalue weighted by Crippen LogP contribution is 2.22. The molecule has 2 heterocycles. The highest BCUT2D eigenvalue weighted by molar-refractivity contribution is 7.89. The molecule has 0 amide bonds. The number of halogens is 2. The van der Waals surface area contributed by atoms with Crippen LogP contribution in [0.15, 0.2) is 52.9 Å². The summed E-state index contributed by atoms with van der Waals surface area (Å²) in [5.74, 6) is -1.88. The summed E-state index contributed by atoms with van der Waals surface area (Å²) < 4.78 is 54.3. The van der Waals surface area contributed by atoms with Crippen molar-refractivity contribution in [2.45, 2.75) is 11.4 Å². The average Bonchev–Trinajstić information content (AvgIpc) is 3.17. The van der Waals surface area contributed by atoms with Gasteiger partial charge in [-0.15, -0.1) is 11.3 Å². The van der Waals surface area contributed by atoms with Gasteiger partial charge in [-0.2, -0.15) is 5.10 Å². The Balaban J connectivity index is 1.63. The van der Waals surface area contributed by atoms with Crippen LogP contribution in [-0.2, 0) is 16.6 Å². The van der Waals surface area contributed by atoms with E-state index < -0.39 is 26.6 Å². The molecule has 24 heavy (non-hydrogen) atoms. The predicted octanol–water partition coefficient (Wildman–Crippen LogP) is 2.87. The highest BCUT2D eigenvalue weighted by atomic mass is 32.2. The molecule has 2 aromatic heterocycles. The molecule has 0 atom stereocenters. The van der Waals surface area contributed by atoms with Crippen molar-refractivity contribution in [1.29, 1.82) is 0 Å². The summed E-state index contributed by atoms with van der Waals surface area (Å²) in [7, 11) is -3.98. The fraction of sp³-hybridized carbons (Fsp3) is 0.133. The second-order valence-electron chi connectivity index (χ2n) is 4.94. The lowest BCUT2D eigenvalue weighted by molar-refractivity contribution is 0.551. The van der Waals surface area contributed by atoms with E-state index in [1.54, 1.807) is 22.2 Å². The number of rotatable bonds is 6. The van der Waals surface area contributed by atoms with Crippen LogP contribution < -0.4 is 4.72 Å². The standard InChI is InChI=1S/C15H13F2N3O2S2/c16-11-8-12(17)10-13(9-11)24(21,22)18-4-6-20-5-3-14(19-20)15-2-1-7-23-15/h1-3,5,7-10,18H,4,6H2. The molecule has 0 fully saturated rings. The molecular formula is C15H13F2N3O2S2. The van der Waals surface area contributed by atoms with Crippen molar-refractivity contribution in [3.05, 3.63) is 59.6 Å². The Kier molecular flexibility index (Phi) is 4.74. The summed E-state index contributed by atoms with van der Waals surface area (Å²) in [4.78, 5) is 0.573. The van der Waals surface area contributed by atoms with E-state index in [1.165, 1.54) is 0 Å². The van der Waals surface area contributed by atoms with Crippen LogP contribution in [0.2, 0.25) is 0 Å². The van der Waals surface area contributed by atoms with E-state index >= 15 is 0 Å². The van der Waals surface area contributed by atoms with E-state index in [9.17, 15) is 17.2 Å². The third-order valence-electron chi connectivity index (χ3n) is 3.19. The first kappa shape index (κ1) is 16.7. The van der Waals surface area contributed by atoms with Gasteiger partial charge in [0.05, 0.1) is 16.3 Å². The van der Waals surface area contributed by atoms with Gasteiger partial charge >= 0.3 is 0 Å². The quantitative estimate of drug-likeness (QED) is 0.727. The summed E-state index contributed by atoms with van der Waals surface area (Å²) in [5.41, 5.74) is 0.806. The number of hydrogen-bond acceptors (Lipinski definition) is 4. The predicted molar refractivity (Wildman–Crippen MR) is 87.1 cm³/mol.